The van der Waals surface area contributed by atoms with Crippen molar-refractivity contribution in [2.24, 2.45) is 21.3 Å². The molecule has 5 nitrogen and oxygen atoms in total. The maximum atomic E-state index is 12.9. The minimum atomic E-state index is -0.0129. The summed E-state index contributed by atoms with van der Waals surface area (Å²) >= 11 is 0. The number of carbonyl (C=O) groups is 1. The average molecular weight is 497 g/mol. The van der Waals surface area contributed by atoms with Gasteiger partial charge < -0.3 is 10.6 Å². The highest BCUT2D eigenvalue weighted by atomic mass is 16.1. The van der Waals surface area contributed by atoms with Gasteiger partial charge in [-0.15, -0.1) is 0 Å². The van der Waals surface area contributed by atoms with Gasteiger partial charge in [-0.05, 0) is 78.0 Å². The van der Waals surface area contributed by atoms with Gasteiger partial charge in [0.15, 0.2) is 0 Å². The first-order chi connectivity index (χ1) is 18.0. The van der Waals surface area contributed by atoms with Gasteiger partial charge in [0.05, 0.1) is 0 Å². The van der Waals surface area contributed by atoms with E-state index in [1.54, 1.807) is 0 Å². The smallest absolute Gasteiger partial charge is 0.251 e. The number of hydrogen-bond donors (Lipinski definition) is 2. The van der Waals surface area contributed by atoms with Gasteiger partial charge in [0.25, 0.3) is 5.91 Å². The number of anilines is 1. The van der Waals surface area contributed by atoms with Crippen LogP contribution in [0.1, 0.15) is 79.8 Å². The van der Waals surface area contributed by atoms with Crippen molar-refractivity contribution < 1.29 is 4.79 Å². The highest BCUT2D eigenvalue weighted by Gasteiger charge is 2.33. The zero-order valence-corrected chi connectivity index (χ0v) is 22.3. The van der Waals surface area contributed by atoms with Crippen LogP contribution in [0.2, 0.25) is 0 Å². The molecule has 5 heteroatoms. The number of nitrogens with zero attached hydrogens (tertiary/aromatic N) is 2. The zero-order chi connectivity index (χ0) is 25.7. The van der Waals surface area contributed by atoms with Crippen LogP contribution in [0.25, 0.3) is 0 Å². The molecule has 0 spiro atoms. The molecule has 0 saturated heterocycles. The van der Waals surface area contributed by atoms with Crippen molar-refractivity contribution in [2.75, 3.05) is 12.4 Å². The Morgan fingerprint density at radius 3 is 2.43 bits per heavy atom. The zero-order valence-electron chi connectivity index (χ0n) is 22.3. The predicted molar refractivity (Wildman–Crippen MR) is 154 cm³/mol. The number of rotatable bonds is 6. The molecule has 0 bridgehead atoms. The molecule has 2 aromatic carbocycles. The summed E-state index contributed by atoms with van der Waals surface area (Å²) in [6.07, 6.45) is 15.8. The number of allylic oxidation sites excluding steroid dienone is 1. The van der Waals surface area contributed by atoms with Crippen LogP contribution in [0.4, 0.5) is 5.69 Å². The second-order valence-electron chi connectivity index (χ2n) is 11.4. The molecule has 2 aliphatic carbocycles. The first-order valence-electron chi connectivity index (χ1n) is 14.0. The number of amides is 1. The Hall–Kier alpha value is -3.21. The van der Waals surface area contributed by atoms with E-state index in [2.05, 4.69) is 46.8 Å². The minimum Gasteiger partial charge on any atom is -0.349 e. The van der Waals surface area contributed by atoms with Crippen LogP contribution >= 0.6 is 0 Å². The topological polar surface area (TPSA) is 65.8 Å². The summed E-state index contributed by atoms with van der Waals surface area (Å²) in [4.78, 5) is 22.0. The first-order valence-corrected chi connectivity index (χ1v) is 14.0. The molecule has 37 heavy (non-hydrogen) atoms. The maximum Gasteiger partial charge on any atom is 0.251 e. The lowest BCUT2D eigenvalue weighted by molar-refractivity contribution is 0.0938. The van der Waals surface area contributed by atoms with Crippen LogP contribution < -0.4 is 10.6 Å². The van der Waals surface area contributed by atoms with Gasteiger partial charge in [0.1, 0.15) is 5.84 Å². The van der Waals surface area contributed by atoms with Crippen LogP contribution in [-0.4, -0.2) is 31.0 Å². The molecule has 0 radical (unpaired) electrons. The van der Waals surface area contributed by atoms with E-state index in [0.29, 0.717) is 5.56 Å². The molecule has 1 unspecified atom stereocenters. The van der Waals surface area contributed by atoms with Gasteiger partial charge in [0.2, 0.25) is 0 Å². The molecule has 5 rings (SSSR count). The summed E-state index contributed by atoms with van der Waals surface area (Å²) in [5.41, 5.74) is 5.65. The number of carbonyl (C=O) groups excluding carboxylic acids is 1. The summed E-state index contributed by atoms with van der Waals surface area (Å²) in [7, 11) is 1.85. The van der Waals surface area contributed by atoms with Gasteiger partial charge >= 0.3 is 0 Å². The fourth-order valence-corrected chi connectivity index (χ4v) is 6.38. The van der Waals surface area contributed by atoms with Gasteiger partial charge in [-0.25, -0.2) is 4.99 Å². The molecule has 1 amide bonds. The van der Waals surface area contributed by atoms with E-state index in [4.69, 9.17) is 4.99 Å². The largest absolute Gasteiger partial charge is 0.349 e. The van der Waals surface area contributed by atoms with Crippen molar-refractivity contribution in [3.05, 3.63) is 77.0 Å². The van der Waals surface area contributed by atoms with Crippen molar-refractivity contribution in [2.45, 2.75) is 77.2 Å². The second kappa shape index (κ2) is 11.5. The Labute approximate surface area is 221 Å². The molecule has 1 fully saturated rings. The van der Waals surface area contributed by atoms with E-state index in [9.17, 15) is 4.79 Å². The standard InChI is InChI=1S/C32H40N4O/c1-32(20-23-8-4-3-5-9-23)17-16-30(34-22-27(32)21-33-2)35-28-14-12-24(13-15-28)31(37)36-29-18-25-10-6-7-11-26(25)19-29/h6-7,10-15,21-23,29H,3-5,8-9,16-20H2,1-2H3,(H,34,35)(H,36,37). The minimum absolute atomic E-state index is 0.0129. The number of aliphatic imine (C=N–C) groups is 2. The highest BCUT2D eigenvalue weighted by Crippen LogP contribution is 2.43. The molecule has 0 aromatic heterocycles. The van der Waals surface area contributed by atoms with Gasteiger partial charge in [-0.3, -0.25) is 9.79 Å². The van der Waals surface area contributed by atoms with Crippen molar-refractivity contribution in [3.8, 4) is 0 Å². The van der Waals surface area contributed by atoms with Crippen LogP contribution in [0, 0.1) is 11.3 Å². The van der Waals surface area contributed by atoms with Crippen LogP contribution in [0.5, 0.6) is 0 Å². The average Bonchev–Trinajstić information content (AvgIpc) is 3.26. The number of amidine groups is 1. The Morgan fingerprint density at radius 1 is 1.05 bits per heavy atom. The first kappa shape index (κ1) is 25.4. The normalized spacial score (nSPS) is 22.8. The van der Waals surface area contributed by atoms with Crippen molar-refractivity contribution in [1.82, 2.24) is 5.32 Å². The fourth-order valence-electron chi connectivity index (χ4n) is 6.38. The summed E-state index contributed by atoms with van der Waals surface area (Å²) in [5.74, 6) is 1.76. The summed E-state index contributed by atoms with van der Waals surface area (Å²) in [6, 6.07) is 16.4. The number of hydrogen-bond acceptors (Lipinski definition) is 4. The SMILES string of the molecule is CN=CC1=CN=C(Nc2ccc(C(=O)NC3Cc4ccccc4C3)cc2)CCC1(C)CC1CCCCC1. The van der Waals surface area contributed by atoms with Crippen molar-refractivity contribution in [1.29, 1.82) is 0 Å². The molecule has 2 N–H and O–H groups in total. The molecule has 1 atom stereocenters. The summed E-state index contributed by atoms with van der Waals surface area (Å²) in [6.45, 7) is 2.39. The number of benzene rings is 2. The van der Waals surface area contributed by atoms with Crippen LogP contribution in [0.15, 0.2) is 70.3 Å². The Balaban J connectivity index is 1.19. The van der Waals surface area contributed by atoms with E-state index < -0.39 is 0 Å². The third-order valence-corrected chi connectivity index (χ3v) is 8.52. The number of nitrogens with one attached hydrogen (secondary N) is 2. The second-order valence-corrected chi connectivity index (χ2v) is 11.4. The Morgan fingerprint density at radius 2 is 1.76 bits per heavy atom. The lowest BCUT2D eigenvalue weighted by Gasteiger charge is -2.35. The Kier molecular flexibility index (Phi) is 7.87. The fraction of sp³-hybridized carbons (Fsp3) is 0.469. The molecule has 3 aliphatic rings. The van der Waals surface area contributed by atoms with E-state index in [0.717, 1.165) is 43.1 Å². The van der Waals surface area contributed by atoms with E-state index in [-0.39, 0.29) is 17.4 Å². The quantitative estimate of drug-likeness (QED) is 0.435. The molecular weight excluding hydrogens is 456 g/mol. The van der Waals surface area contributed by atoms with Crippen molar-refractivity contribution >= 4 is 23.6 Å². The highest BCUT2D eigenvalue weighted by molar-refractivity contribution is 5.98. The van der Waals surface area contributed by atoms with E-state index in [1.165, 1.54) is 55.2 Å². The lowest BCUT2D eigenvalue weighted by atomic mass is 9.69. The molecule has 1 heterocycles. The molecule has 194 valence electrons. The Bertz CT molecular complexity index is 1160. The van der Waals surface area contributed by atoms with Crippen LogP contribution in [-0.2, 0) is 12.8 Å². The van der Waals surface area contributed by atoms with Gasteiger partial charge in [-0.2, -0.15) is 0 Å². The van der Waals surface area contributed by atoms with E-state index >= 15 is 0 Å². The monoisotopic (exact) mass is 496 g/mol. The maximum absolute atomic E-state index is 12.9. The third-order valence-electron chi connectivity index (χ3n) is 8.52. The van der Waals surface area contributed by atoms with E-state index in [1.807, 2.05) is 43.7 Å². The van der Waals surface area contributed by atoms with Crippen LogP contribution in [0.3, 0.4) is 0 Å². The molecule has 1 aliphatic heterocycles. The summed E-state index contributed by atoms with van der Waals surface area (Å²) < 4.78 is 0. The third kappa shape index (κ3) is 6.20. The molecule has 1 saturated carbocycles. The molecular formula is C32H40N4O. The van der Waals surface area contributed by atoms with Gasteiger partial charge in [0, 0.05) is 43.2 Å². The lowest BCUT2D eigenvalue weighted by Crippen LogP contribution is -2.35. The molecule has 2 aromatic rings. The summed E-state index contributed by atoms with van der Waals surface area (Å²) in [5, 5.41) is 6.71. The number of fused-ring (bicyclic) bond motifs is 1. The predicted octanol–water partition coefficient (Wildman–Crippen LogP) is 6.75. The van der Waals surface area contributed by atoms with Gasteiger partial charge in [-0.1, -0.05) is 63.3 Å². The van der Waals surface area contributed by atoms with Crippen molar-refractivity contribution in [3.63, 3.8) is 0 Å².